The Hall–Kier alpha value is -1.76. The van der Waals surface area contributed by atoms with Crippen LogP contribution in [-0.4, -0.2) is 20.4 Å². The van der Waals surface area contributed by atoms with Gasteiger partial charge in [0.05, 0.1) is 4.90 Å². The third kappa shape index (κ3) is 3.91. The molecular formula is C16H21N3O2S. The van der Waals surface area contributed by atoms with Crippen molar-refractivity contribution < 1.29 is 8.42 Å². The van der Waals surface area contributed by atoms with E-state index >= 15 is 0 Å². The molecule has 2 rings (SSSR count). The van der Waals surface area contributed by atoms with Crippen LogP contribution in [-0.2, 0) is 16.6 Å². The molecule has 22 heavy (non-hydrogen) atoms. The molecular weight excluding hydrogens is 298 g/mol. The van der Waals surface area contributed by atoms with Crippen LogP contribution in [0.4, 0.5) is 0 Å². The van der Waals surface area contributed by atoms with Gasteiger partial charge in [0.1, 0.15) is 0 Å². The quantitative estimate of drug-likeness (QED) is 0.856. The van der Waals surface area contributed by atoms with Crippen LogP contribution in [0.15, 0.2) is 47.6 Å². The van der Waals surface area contributed by atoms with Gasteiger partial charge in [-0.3, -0.25) is 4.98 Å². The Morgan fingerprint density at radius 1 is 1.27 bits per heavy atom. The molecule has 2 N–H and O–H groups in total. The monoisotopic (exact) mass is 319 g/mol. The molecule has 2 aromatic rings. The summed E-state index contributed by atoms with van der Waals surface area (Å²) >= 11 is 0. The molecule has 6 heteroatoms. The largest absolute Gasteiger partial charge is 0.306 e. The molecule has 1 aromatic carbocycles. The SMILES string of the molecule is CNS(=O)(=O)c1cccc(CNC(C)c2ccncc2C)c1. The number of nitrogens with one attached hydrogen (secondary N) is 2. The summed E-state index contributed by atoms with van der Waals surface area (Å²) in [7, 11) is -1.99. The van der Waals surface area contributed by atoms with Gasteiger partial charge in [-0.15, -0.1) is 0 Å². The molecule has 0 aliphatic carbocycles. The minimum Gasteiger partial charge on any atom is -0.306 e. The number of sulfonamides is 1. The maximum absolute atomic E-state index is 11.8. The van der Waals surface area contributed by atoms with Crippen molar-refractivity contribution in [2.75, 3.05) is 7.05 Å². The van der Waals surface area contributed by atoms with E-state index in [1.807, 2.05) is 25.3 Å². The first-order chi connectivity index (χ1) is 10.4. The van der Waals surface area contributed by atoms with E-state index in [0.29, 0.717) is 6.54 Å². The van der Waals surface area contributed by atoms with Crippen molar-refractivity contribution >= 4 is 10.0 Å². The molecule has 1 atom stereocenters. The van der Waals surface area contributed by atoms with Crippen LogP contribution in [0.3, 0.4) is 0 Å². The van der Waals surface area contributed by atoms with E-state index in [0.717, 1.165) is 11.1 Å². The molecule has 0 spiro atoms. The Morgan fingerprint density at radius 2 is 2.05 bits per heavy atom. The summed E-state index contributed by atoms with van der Waals surface area (Å²) in [6.45, 7) is 4.70. The van der Waals surface area contributed by atoms with Gasteiger partial charge >= 0.3 is 0 Å². The van der Waals surface area contributed by atoms with Crippen LogP contribution in [0.1, 0.15) is 29.7 Å². The lowest BCUT2D eigenvalue weighted by atomic mass is 10.0. The van der Waals surface area contributed by atoms with Gasteiger partial charge < -0.3 is 5.32 Å². The molecule has 1 heterocycles. The first kappa shape index (κ1) is 16.6. The van der Waals surface area contributed by atoms with Gasteiger partial charge in [0.15, 0.2) is 0 Å². The molecule has 1 unspecified atom stereocenters. The Morgan fingerprint density at radius 3 is 2.73 bits per heavy atom. The Labute approximate surface area is 131 Å². The summed E-state index contributed by atoms with van der Waals surface area (Å²) in [6.07, 6.45) is 3.62. The molecule has 118 valence electrons. The Bertz CT molecular complexity index is 745. The Kier molecular flexibility index (Phi) is 5.28. The predicted molar refractivity (Wildman–Crippen MR) is 86.9 cm³/mol. The maximum atomic E-state index is 11.8. The topological polar surface area (TPSA) is 71.1 Å². The summed E-state index contributed by atoms with van der Waals surface area (Å²) in [5.74, 6) is 0. The van der Waals surface area contributed by atoms with Gasteiger partial charge in [0.25, 0.3) is 0 Å². The van der Waals surface area contributed by atoms with Crippen LogP contribution < -0.4 is 10.0 Å². The fourth-order valence-electron chi connectivity index (χ4n) is 2.29. The van der Waals surface area contributed by atoms with E-state index in [9.17, 15) is 8.42 Å². The van der Waals surface area contributed by atoms with Crippen LogP contribution in [0.5, 0.6) is 0 Å². The van der Waals surface area contributed by atoms with Crippen molar-refractivity contribution in [3.63, 3.8) is 0 Å². The first-order valence-electron chi connectivity index (χ1n) is 7.10. The maximum Gasteiger partial charge on any atom is 0.240 e. The number of hydrogen-bond acceptors (Lipinski definition) is 4. The van der Waals surface area contributed by atoms with Gasteiger partial charge in [-0.2, -0.15) is 0 Å². The number of hydrogen-bond donors (Lipinski definition) is 2. The highest BCUT2D eigenvalue weighted by atomic mass is 32.2. The summed E-state index contributed by atoms with van der Waals surface area (Å²) in [5.41, 5.74) is 3.25. The first-order valence-corrected chi connectivity index (χ1v) is 8.59. The van der Waals surface area contributed by atoms with Gasteiger partial charge in [-0.25, -0.2) is 13.1 Å². The molecule has 0 fully saturated rings. The van der Waals surface area contributed by atoms with E-state index in [1.54, 1.807) is 24.4 Å². The molecule has 0 saturated heterocycles. The van der Waals surface area contributed by atoms with Crippen molar-refractivity contribution in [2.45, 2.75) is 31.3 Å². The third-order valence-corrected chi connectivity index (χ3v) is 5.03. The summed E-state index contributed by atoms with van der Waals surface area (Å²) in [4.78, 5) is 4.37. The number of aromatic nitrogens is 1. The molecule has 0 amide bonds. The summed E-state index contributed by atoms with van der Waals surface area (Å²) < 4.78 is 26.0. The predicted octanol–water partition coefficient (Wildman–Crippen LogP) is 2.15. The zero-order valence-electron chi connectivity index (χ0n) is 13.0. The van der Waals surface area contributed by atoms with Crippen molar-refractivity contribution in [2.24, 2.45) is 0 Å². The number of benzene rings is 1. The smallest absolute Gasteiger partial charge is 0.240 e. The highest BCUT2D eigenvalue weighted by molar-refractivity contribution is 7.89. The van der Waals surface area contributed by atoms with Gasteiger partial charge in [0, 0.05) is 25.0 Å². The van der Waals surface area contributed by atoms with E-state index in [1.165, 1.54) is 12.6 Å². The van der Waals surface area contributed by atoms with Crippen molar-refractivity contribution in [1.82, 2.24) is 15.0 Å². The average molecular weight is 319 g/mol. The average Bonchev–Trinajstić information content (AvgIpc) is 2.53. The van der Waals surface area contributed by atoms with Crippen molar-refractivity contribution in [3.05, 3.63) is 59.4 Å². The second kappa shape index (κ2) is 7.00. The zero-order chi connectivity index (χ0) is 16.2. The number of nitrogens with zero attached hydrogens (tertiary/aromatic N) is 1. The van der Waals surface area contributed by atoms with Gasteiger partial charge in [0.2, 0.25) is 10.0 Å². The normalized spacial score (nSPS) is 13.0. The fourth-order valence-corrected chi connectivity index (χ4v) is 3.09. The molecule has 5 nitrogen and oxygen atoms in total. The fraction of sp³-hybridized carbons (Fsp3) is 0.312. The third-order valence-electron chi connectivity index (χ3n) is 3.62. The molecule has 1 aromatic heterocycles. The molecule has 0 aliphatic heterocycles. The van der Waals surface area contributed by atoms with E-state index in [4.69, 9.17) is 0 Å². The second-order valence-corrected chi connectivity index (χ2v) is 7.08. The number of aryl methyl sites for hydroxylation is 1. The highest BCUT2D eigenvalue weighted by Gasteiger charge is 2.12. The molecule has 0 radical (unpaired) electrons. The van der Waals surface area contributed by atoms with E-state index in [2.05, 4.69) is 21.9 Å². The van der Waals surface area contributed by atoms with E-state index < -0.39 is 10.0 Å². The van der Waals surface area contributed by atoms with E-state index in [-0.39, 0.29) is 10.9 Å². The number of pyridine rings is 1. The van der Waals surface area contributed by atoms with Crippen LogP contribution in [0.2, 0.25) is 0 Å². The van der Waals surface area contributed by atoms with Gasteiger partial charge in [-0.05, 0) is 55.8 Å². The summed E-state index contributed by atoms with van der Waals surface area (Å²) in [5, 5.41) is 3.41. The molecule has 0 saturated carbocycles. The number of rotatable bonds is 6. The lowest BCUT2D eigenvalue weighted by Gasteiger charge is -2.16. The minimum atomic E-state index is -3.40. The van der Waals surface area contributed by atoms with Crippen molar-refractivity contribution in [3.8, 4) is 0 Å². The highest BCUT2D eigenvalue weighted by Crippen LogP contribution is 2.17. The second-order valence-electron chi connectivity index (χ2n) is 5.19. The standard InChI is InChI=1S/C16H21N3O2S/c1-12-10-18-8-7-16(12)13(2)19-11-14-5-4-6-15(9-14)22(20,21)17-3/h4-10,13,17,19H,11H2,1-3H3. The lowest BCUT2D eigenvalue weighted by Crippen LogP contribution is -2.21. The van der Waals surface area contributed by atoms with Gasteiger partial charge in [-0.1, -0.05) is 12.1 Å². The minimum absolute atomic E-state index is 0.160. The van der Waals surface area contributed by atoms with Crippen LogP contribution >= 0.6 is 0 Å². The van der Waals surface area contributed by atoms with Crippen LogP contribution in [0, 0.1) is 6.92 Å². The lowest BCUT2D eigenvalue weighted by molar-refractivity contribution is 0.570. The van der Waals surface area contributed by atoms with Crippen LogP contribution in [0.25, 0.3) is 0 Å². The Balaban J connectivity index is 2.09. The molecule has 0 aliphatic rings. The zero-order valence-corrected chi connectivity index (χ0v) is 13.8. The summed E-state index contributed by atoms with van der Waals surface area (Å²) in [6, 6.07) is 9.09. The van der Waals surface area contributed by atoms with Crippen molar-refractivity contribution in [1.29, 1.82) is 0 Å². The molecule has 0 bridgehead atoms.